The van der Waals surface area contributed by atoms with Crippen LogP contribution in [0.3, 0.4) is 0 Å². The molecule has 0 spiro atoms. The maximum atomic E-state index is 14.3. The first-order chi connectivity index (χ1) is 10.2. The van der Waals surface area contributed by atoms with E-state index in [9.17, 15) is 4.39 Å². The van der Waals surface area contributed by atoms with Gasteiger partial charge in [0.25, 0.3) is 0 Å². The molecule has 110 valence electrons. The molecule has 1 aliphatic rings. The number of fused-ring (bicyclic) bond motifs is 1. The molecule has 1 aliphatic heterocycles. The van der Waals surface area contributed by atoms with Crippen molar-refractivity contribution in [3.05, 3.63) is 59.4 Å². The van der Waals surface area contributed by atoms with Gasteiger partial charge in [-0.15, -0.1) is 11.8 Å². The summed E-state index contributed by atoms with van der Waals surface area (Å²) >= 11 is 1.82. The minimum atomic E-state index is -0.217. The molecule has 0 amide bonds. The largest absolute Gasteiger partial charge is 0.497 e. The van der Waals surface area contributed by atoms with Gasteiger partial charge in [0, 0.05) is 27.8 Å². The fraction of sp³-hybridized carbons (Fsp3) is 0.294. The SMILES string of the molecule is CNC(c1ccc(OC)cc1F)C1Cc2ccccc2S1. The molecule has 2 atom stereocenters. The minimum absolute atomic E-state index is 0.0201. The van der Waals surface area contributed by atoms with Crippen molar-refractivity contribution in [1.29, 1.82) is 0 Å². The lowest BCUT2D eigenvalue weighted by atomic mass is 9.98. The van der Waals surface area contributed by atoms with E-state index in [0.717, 1.165) is 6.42 Å². The van der Waals surface area contributed by atoms with Gasteiger partial charge in [-0.3, -0.25) is 0 Å². The van der Waals surface area contributed by atoms with Crippen molar-refractivity contribution in [2.24, 2.45) is 0 Å². The third kappa shape index (κ3) is 2.78. The molecule has 1 N–H and O–H groups in total. The van der Waals surface area contributed by atoms with E-state index in [0.29, 0.717) is 16.6 Å². The lowest BCUT2D eigenvalue weighted by Gasteiger charge is -2.23. The molecule has 4 heteroatoms. The van der Waals surface area contributed by atoms with E-state index in [1.807, 2.05) is 30.9 Å². The van der Waals surface area contributed by atoms with E-state index in [2.05, 4.69) is 29.6 Å². The van der Waals surface area contributed by atoms with E-state index in [-0.39, 0.29) is 11.9 Å². The van der Waals surface area contributed by atoms with Crippen molar-refractivity contribution in [2.75, 3.05) is 14.2 Å². The van der Waals surface area contributed by atoms with Crippen LogP contribution in [0.2, 0.25) is 0 Å². The third-order valence-corrected chi connectivity index (χ3v) is 5.29. The maximum absolute atomic E-state index is 14.3. The molecule has 0 aliphatic carbocycles. The Hall–Kier alpha value is -1.52. The predicted molar refractivity (Wildman–Crippen MR) is 84.5 cm³/mol. The highest BCUT2D eigenvalue weighted by Gasteiger charge is 2.31. The van der Waals surface area contributed by atoms with Gasteiger partial charge in [-0.2, -0.15) is 0 Å². The predicted octanol–water partition coefficient (Wildman–Crippen LogP) is 3.81. The zero-order valence-corrected chi connectivity index (χ0v) is 12.9. The summed E-state index contributed by atoms with van der Waals surface area (Å²) in [4.78, 5) is 1.30. The molecule has 2 aromatic rings. The number of rotatable bonds is 4. The van der Waals surface area contributed by atoms with E-state index < -0.39 is 0 Å². The maximum Gasteiger partial charge on any atom is 0.131 e. The fourth-order valence-corrected chi connectivity index (χ4v) is 4.29. The summed E-state index contributed by atoms with van der Waals surface area (Å²) in [7, 11) is 3.44. The molecule has 2 unspecified atom stereocenters. The minimum Gasteiger partial charge on any atom is -0.497 e. The standard InChI is InChI=1S/C17H18FNOS/c1-19-17(13-8-7-12(20-2)10-14(13)18)16-9-11-5-3-4-6-15(11)21-16/h3-8,10,16-17,19H,9H2,1-2H3. The number of nitrogens with one attached hydrogen (secondary N) is 1. The number of hydrogen-bond donors (Lipinski definition) is 1. The molecule has 3 rings (SSSR count). The van der Waals surface area contributed by atoms with Gasteiger partial charge in [0.2, 0.25) is 0 Å². The van der Waals surface area contributed by atoms with Crippen molar-refractivity contribution in [1.82, 2.24) is 5.32 Å². The second kappa shape index (κ2) is 6.08. The van der Waals surface area contributed by atoms with Gasteiger partial charge in [-0.25, -0.2) is 4.39 Å². The molecule has 2 aromatic carbocycles. The smallest absolute Gasteiger partial charge is 0.131 e. The van der Waals surface area contributed by atoms with Crippen molar-refractivity contribution in [2.45, 2.75) is 22.6 Å². The molecule has 0 radical (unpaired) electrons. The van der Waals surface area contributed by atoms with Crippen LogP contribution in [0.4, 0.5) is 4.39 Å². The zero-order chi connectivity index (χ0) is 14.8. The number of halogens is 1. The molecule has 1 heterocycles. The van der Waals surface area contributed by atoms with E-state index in [1.54, 1.807) is 7.11 Å². The van der Waals surface area contributed by atoms with E-state index in [4.69, 9.17) is 4.74 Å². The summed E-state index contributed by atoms with van der Waals surface area (Å²) in [5.41, 5.74) is 2.05. The fourth-order valence-electron chi connectivity index (χ4n) is 2.82. The van der Waals surface area contributed by atoms with Gasteiger partial charge in [0.05, 0.1) is 7.11 Å². The second-order valence-corrected chi connectivity index (χ2v) is 6.40. The van der Waals surface area contributed by atoms with Crippen molar-refractivity contribution >= 4 is 11.8 Å². The first-order valence-corrected chi connectivity index (χ1v) is 7.86. The molecule has 0 saturated carbocycles. The Morgan fingerprint density at radius 3 is 2.76 bits per heavy atom. The topological polar surface area (TPSA) is 21.3 Å². The van der Waals surface area contributed by atoms with Crippen LogP contribution in [0.15, 0.2) is 47.4 Å². The molecule has 21 heavy (non-hydrogen) atoms. The van der Waals surface area contributed by atoms with Crippen molar-refractivity contribution in [3.8, 4) is 5.75 Å². The molecule has 0 aromatic heterocycles. The van der Waals surface area contributed by atoms with Crippen LogP contribution < -0.4 is 10.1 Å². The molecular formula is C17H18FNOS. The summed E-state index contributed by atoms with van der Waals surface area (Å²) in [6.07, 6.45) is 0.956. The lowest BCUT2D eigenvalue weighted by Crippen LogP contribution is -2.28. The zero-order valence-electron chi connectivity index (χ0n) is 12.1. The summed E-state index contributed by atoms with van der Waals surface area (Å²) in [5.74, 6) is 0.332. The highest BCUT2D eigenvalue weighted by Crippen LogP contribution is 2.43. The van der Waals surface area contributed by atoms with Crippen LogP contribution in [0.25, 0.3) is 0 Å². The summed E-state index contributed by atoms with van der Waals surface area (Å²) in [5, 5.41) is 3.57. The first kappa shape index (κ1) is 14.4. The lowest BCUT2D eigenvalue weighted by molar-refractivity contribution is 0.409. The van der Waals surface area contributed by atoms with E-state index in [1.165, 1.54) is 16.5 Å². The molecule has 0 bridgehead atoms. The Morgan fingerprint density at radius 1 is 1.29 bits per heavy atom. The molecule has 0 fully saturated rings. The van der Waals surface area contributed by atoms with Crippen molar-refractivity contribution < 1.29 is 9.13 Å². The van der Waals surface area contributed by atoms with Crippen LogP contribution >= 0.6 is 11.8 Å². The Morgan fingerprint density at radius 2 is 2.10 bits per heavy atom. The van der Waals surface area contributed by atoms with Gasteiger partial charge in [-0.1, -0.05) is 24.3 Å². The third-order valence-electron chi connectivity index (χ3n) is 3.90. The summed E-state index contributed by atoms with van der Waals surface area (Å²) in [6, 6.07) is 13.5. The van der Waals surface area contributed by atoms with Crippen LogP contribution in [-0.4, -0.2) is 19.4 Å². The van der Waals surface area contributed by atoms with Gasteiger partial charge in [0.15, 0.2) is 0 Å². The highest BCUT2D eigenvalue weighted by molar-refractivity contribution is 8.00. The monoisotopic (exact) mass is 303 g/mol. The number of benzene rings is 2. The van der Waals surface area contributed by atoms with Gasteiger partial charge in [-0.05, 0) is 31.2 Å². The average molecular weight is 303 g/mol. The van der Waals surface area contributed by atoms with Crippen LogP contribution in [0.1, 0.15) is 17.2 Å². The first-order valence-electron chi connectivity index (χ1n) is 6.98. The van der Waals surface area contributed by atoms with Gasteiger partial charge in [0.1, 0.15) is 11.6 Å². The summed E-state index contributed by atoms with van der Waals surface area (Å²) in [6.45, 7) is 0. The van der Waals surface area contributed by atoms with Crippen LogP contribution in [0.5, 0.6) is 5.75 Å². The Kier molecular flexibility index (Phi) is 4.17. The Bertz CT molecular complexity index is 621. The van der Waals surface area contributed by atoms with E-state index >= 15 is 0 Å². The van der Waals surface area contributed by atoms with Crippen LogP contribution in [-0.2, 0) is 6.42 Å². The number of thioether (sulfide) groups is 1. The quantitative estimate of drug-likeness (QED) is 0.928. The Balaban J connectivity index is 1.87. The number of hydrogen-bond acceptors (Lipinski definition) is 3. The van der Waals surface area contributed by atoms with Gasteiger partial charge < -0.3 is 10.1 Å². The average Bonchev–Trinajstić information content (AvgIpc) is 2.93. The number of methoxy groups -OCH3 is 1. The molecule has 0 saturated heterocycles. The number of ether oxygens (including phenoxy) is 1. The van der Waals surface area contributed by atoms with Gasteiger partial charge >= 0.3 is 0 Å². The molecular weight excluding hydrogens is 285 g/mol. The summed E-state index contributed by atoms with van der Waals surface area (Å²) < 4.78 is 19.4. The molecule has 2 nitrogen and oxygen atoms in total. The Labute approximate surface area is 128 Å². The highest BCUT2D eigenvalue weighted by atomic mass is 32.2. The normalized spacial score (nSPS) is 18.3. The van der Waals surface area contributed by atoms with Crippen molar-refractivity contribution in [3.63, 3.8) is 0 Å². The second-order valence-electron chi connectivity index (χ2n) is 5.12. The van der Waals surface area contributed by atoms with Crippen LogP contribution in [0, 0.1) is 5.82 Å².